The largest absolute Gasteiger partial charge is 0.497 e. The van der Waals surface area contributed by atoms with Gasteiger partial charge in [-0.1, -0.05) is 6.07 Å². The average Bonchev–Trinajstić information content (AvgIpc) is 2.60. The molecule has 0 aliphatic heterocycles. The second kappa shape index (κ2) is 8.67. The summed E-state index contributed by atoms with van der Waals surface area (Å²) in [5.41, 5.74) is 1.38. The van der Waals surface area contributed by atoms with Crippen LogP contribution in [0.5, 0.6) is 17.2 Å². The Kier molecular flexibility index (Phi) is 6.31. The number of hydrogen-bond donors (Lipinski definition) is 2. The minimum Gasteiger partial charge on any atom is -0.497 e. The summed E-state index contributed by atoms with van der Waals surface area (Å²) in [6.07, 6.45) is 0. The molecule has 0 aromatic heterocycles. The van der Waals surface area contributed by atoms with Crippen LogP contribution in [0.1, 0.15) is 6.92 Å². The van der Waals surface area contributed by atoms with Crippen molar-refractivity contribution in [3.05, 3.63) is 42.5 Å². The summed E-state index contributed by atoms with van der Waals surface area (Å²) in [7, 11) is 3.16. The number of carbonyl (C=O) groups is 1. The van der Waals surface area contributed by atoms with Gasteiger partial charge in [-0.05, 0) is 31.2 Å². The third-order valence-electron chi connectivity index (χ3n) is 3.27. The van der Waals surface area contributed by atoms with Gasteiger partial charge in [0.1, 0.15) is 17.2 Å². The highest BCUT2D eigenvalue weighted by molar-refractivity contribution is 5.94. The van der Waals surface area contributed by atoms with Gasteiger partial charge in [0.05, 0.1) is 33.1 Å². The molecule has 1 amide bonds. The molecule has 0 unspecified atom stereocenters. The average molecular weight is 330 g/mol. The summed E-state index contributed by atoms with van der Waals surface area (Å²) < 4.78 is 15.9. The van der Waals surface area contributed by atoms with Crippen LogP contribution in [0, 0.1) is 0 Å². The van der Waals surface area contributed by atoms with E-state index in [0.717, 1.165) is 5.75 Å². The molecule has 2 rings (SSSR count). The van der Waals surface area contributed by atoms with Crippen LogP contribution in [0.25, 0.3) is 0 Å². The molecule has 2 N–H and O–H groups in total. The number of amides is 1. The van der Waals surface area contributed by atoms with E-state index >= 15 is 0 Å². The molecule has 0 saturated carbocycles. The van der Waals surface area contributed by atoms with Gasteiger partial charge in [-0.15, -0.1) is 0 Å². The molecule has 0 bridgehead atoms. The Morgan fingerprint density at radius 1 is 1.04 bits per heavy atom. The van der Waals surface area contributed by atoms with Crippen LogP contribution in [0.3, 0.4) is 0 Å². The van der Waals surface area contributed by atoms with Crippen LogP contribution in [-0.2, 0) is 4.79 Å². The number of carbonyl (C=O) groups excluding carboxylic acids is 1. The highest BCUT2D eigenvalue weighted by atomic mass is 16.5. The molecule has 24 heavy (non-hydrogen) atoms. The Labute approximate surface area is 141 Å². The SMILES string of the molecule is CCOc1cccc(NC(=O)CNc2cc(OC)ccc2OC)c1. The fraction of sp³-hybridized carbons (Fsp3) is 0.278. The van der Waals surface area contributed by atoms with E-state index in [9.17, 15) is 4.79 Å². The second-order valence-electron chi connectivity index (χ2n) is 4.93. The monoisotopic (exact) mass is 330 g/mol. The van der Waals surface area contributed by atoms with Crippen molar-refractivity contribution >= 4 is 17.3 Å². The van der Waals surface area contributed by atoms with Crippen molar-refractivity contribution in [1.82, 2.24) is 0 Å². The molecule has 0 saturated heterocycles. The first kappa shape index (κ1) is 17.5. The fourth-order valence-corrected chi connectivity index (χ4v) is 2.16. The standard InChI is InChI=1S/C18H22N2O4/c1-4-24-15-7-5-6-13(10-15)20-18(21)12-19-16-11-14(22-2)8-9-17(16)23-3/h5-11,19H,4,12H2,1-3H3,(H,20,21). The number of rotatable bonds is 8. The first-order chi connectivity index (χ1) is 11.7. The van der Waals surface area contributed by atoms with Crippen molar-refractivity contribution in [3.8, 4) is 17.2 Å². The number of benzene rings is 2. The van der Waals surface area contributed by atoms with E-state index < -0.39 is 0 Å². The van der Waals surface area contributed by atoms with E-state index in [1.54, 1.807) is 38.5 Å². The van der Waals surface area contributed by atoms with Gasteiger partial charge in [0.25, 0.3) is 0 Å². The summed E-state index contributed by atoms with van der Waals surface area (Å²) in [6.45, 7) is 2.59. The van der Waals surface area contributed by atoms with E-state index in [-0.39, 0.29) is 12.5 Å². The maximum atomic E-state index is 12.1. The summed E-state index contributed by atoms with van der Waals surface area (Å²) in [5, 5.41) is 5.87. The van der Waals surface area contributed by atoms with Crippen LogP contribution in [0.2, 0.25) is 0 Å². The third-order valence-corrected chi connectivity index (χ3v) is 3.27. The van der Waals surface area contributed by atoms with E-state index in [2.05, 4.69) is 10.6 Å². The van der Waals surface area contributed by atoms with Crippen LogP contribution in [0.4, 0.5) is 11.4 Å². The van der Waals surface area contributed by atoms with Crippen molar-refractivity contribution in [1.29, 1.82) is 0 Å². The van der Waals surface area contributed by atoms with E-state index in [1.165, 1.54) is 0 Å². The van der Waals surface area contributed by atoms with Crippen LogP contribution in [0.15, 0.2) is 42.5 Å². The van der Waals surface area contributed by atoms with Crippen LogP contribution in [-0.4, -0.2) is 33.3 Å². The van der Waals surface area contributed by atoms with Crippen molar-refractivity contribution in [2.75, 3.05) is 38.0 Å². The Hall–Kier alpha value is -2.89. The van der Waals surface area contributed by atoms with Gasteiger partial charge >= 0.3 is 0 Å². The fourth-order valence-electron chi connectivity index (χ4n) is 2.16. The normalized spacial score (nSPS) is 9.96. The van der Waals surface area contributed by atoms with Gasteiger partial charge in [0.15, 0.2) is 0 Å². The Balaban J connectivity index is 1.97. The number of nitrogens with one attached hydrogen (secondary N) is 2. The van der Waals surface area contributed by atoms with Gasteiger partial charge in [0, 0.05) is 17.8 Å². The van der Waals surface area contributed by atoms with Crippen LogP contribution >= 0.6 is 0 Å². The molecule has 0 atom stereocenters. The predicted octanol–water partition coefficient (Wildman–Crippen LogP) is 3.15. The summed E-state index contributed by atoms with van der Waals surface area (Å²) in [5.74, 6) is 1.87. The smallest absolute Gasteiger partial charge is 0.243 e. The molecule has 128 valence electrons. The minimum atomic E-state index is -0.173. The van der Waals surface area contributed by atoms with Gasteiger partial charge in [-0.2, -0.15) is 0 Å². The highest BCUT2D eigenvalue weighted by Gasteiger charge is 2.08. The summed E-state index contributed by atoms with van der Waals surface area (Å²) in [4.78, 5) is 12.1. The van der Waals surface area contributed by atoms with Gasteiger partial charge in [0.2, 0.25) is 5.91 Å². The van der Waals surface area contributed by atoms with E-state index in [4.69, 9.17) is 14.2 Å². The molecular weight excluding hydrogens is 308 g/mol. The number of ether oxygens (including phenoxy) is 3. The van der Waals surface area contributed by atoms with Gasteiger partial charge < -0.3 is 24.8 Å². The number of methoxy groups -OCH3 is 2. The summed E-state index contributed by atoms with van der Waals surface area (Å²) >= 11 is 0. The topological polar surface area (TPSA) is 68.8 Å². The van der Waals surface area contributed by atoms with Crippen molar-refractivity contribution in [2.24, 2.45) is 0 Å². The lowest BCUT2D eigenvalue weighted by Crippen LogP contribution is -2.22. The minimum absolute atomic E-state index is 0.0996. The zero-order valence-corrected chi connectivity index (χ0v) is 14.1. The van der Waals surface area contributed by atoms with Crippen molar-refractivity contribution in [3.63, 3.8) is 0 Å². The first-order valence-corrected chi connectivity index (χ1v) is 7.65. The number of anilines is 2. The predicted molar refractivity (Wildman–Crippen MR) is 94.3 cm³/mol. The number of hydrogen-bond acceptors (Lipinski definition) is 5. The molecular formula is C18H22N2O4. The molecule has 6 nitrogen and oxygen atoms in total. The third kappa shape index (κ3) is 4.81. The lowest BCUT2D eigenvalue weighted by Gasteiger charge is -2.13. The second-order valence-corrected chi connectivity index (χ2v) is 4.93. The maximum Gasteiger partial charge on any atom is 0.243 e. The lowest BCUT2D eigenvalue weighted by atomic mass is 10.2. The molecule has 0 aliphatic carbocycles. The highest BCUT2D eigenvalue weighted by Crippen LogP contribution is 2.28. The molecule has 0 spiro atoms. The molecule has 0 heterocycles. The van der Waals surface area contributed by atoms with Crippen molar-refractivity contribution < 1.29 is 19.0 Å². The van der Waals surface area contributed by atoms with Gasteiger partial charge in [-0.25, -0.2) is 0 Å². The molecule has 0 fully saturated rings. The first-order valence-electron chi connectivity index (χ1n) is 7.65. The molecule has 0 radical (unpaired) electrons. The maximum absolute atomic E-state index is 12.1. The van der Waals surface area contributed by atoms with Gasteiger partial charge in [-0.3, -0.25) is 4.79 Å². The van der Waals surface area contributed by atoms with Crippen molar-refractivity contribution in [2.45, 2.75) is 6.92 Å². The Morgan fingerprint density at radius 2 is 1.88 bits per heavy atom. The van der Waals surface area contributed by atoms with Crippen LogP contribution < -0.4 is 24.8 Å². The zero-order valence-electron chi connectivity index (χ0n) is 14.1. The van der Waals surface area contributed by atoms with E-state index in [0.29, 0.717) is 29.5 Å². The lowest BCUT2D eigenvalue weighted by molar-refractivity contribution is -0.114. The quantitative estimate of drug-likeness (QED) is 0.778. The Bertz CT molecular complexity index is 688. The Morgan fingerprint density at radius 3 is 2.58 bits per heavy atom. The molecule has 0 aliphatic rings. The summed E-state index contributed by atoms with van der Waals surface area (Å²) in [6, 6.07) is 12.6. The molecule has 2 aromatic carbocycles. The zero-order chi connectivity index (χ0) is 17.4. The molecule has 2 aromatic rings. The van der Waals surface area contributed by atoms with E-state index in [1.807, 2.05) is 25.1 Å². The molecule has 6 heteroatoms.